The molecule has 2 nitrogen and oxygen atoms in total. The van der Waals surface area contributed by atoms with Gasteiger partial charge in [-0.3, -0.25) is 4.79 Å². The maximum atomic E-state index is 11.6. The molecule has 0 aliphatic rings. The number of hydrogen-bond acceptors (Lipinski definition) is 2. The Hall–Kier alpha value is 0.200. The second-order valence-corrected chi connectivity index (χ2v) is 5.37. The third-order valence-electron chi connectivity index (χ3n) is 2.39. The van der Waals surface area contributed by atoms with Crippen molar-refractivity contribution in [2.75, 3.05) is 0 Å². The summed E-state index contributed by atoms with van der Waals surface area (Å²) < 4.78 is 5.52. The standard InChI is InChI=1S/C12H23IO2/c1-4-7-9-10(8-5-2)15-12(14)11(13)6-3/h10-11H,4-9H2,1-3H3. The van der Waals surface area contributed by atoms with Crippen LogP contribution in [0.3, 0.4) is 0 Å². The number of unbranched alkanes of at least 4 members (excludes halogenated alkanes) is 1. The average molecular weight is 326 g/mol. The van der Waals surface area contributed by atoms with Gasteiger partial charge in [-0.2, -0.15) is 0 Å². The van der Waals surface area contributed by atoms with E-state index in [1.54, 1.807) is 0 Å². The van der Waals surface area contributed by atoms with E-state index in [2.05, 4.69) is 36.4 Å². The Kier molecular flexibility index (Phi) is 9.55. The number of carbonyl (C=O) groups is 1. The summed E-state index contributed by atoms with van der Waals surface area (Å²) in [5, 5.41) is 0. The van der Waals surface area contributed by atoms with Gasteiger partial charge in [0.1, 0.15) is 10.0 Å². The zero-order chi connectivity index (χ0) is 11.7. The first-order chi connectivity index (χ1) is 7.15. The lowest BCUT2D eigenvalue weighted by Crippen LogP contribution is -2.24. The van der Waals surface area contributed by atoms with Crippen LogP contribution < -0.4 is 0 Å². The number of ether oxygens (including phenoxy) is 1. The third kappa shape index (κ3) is 7.14. The molecule has 0 N–H and O–H groups in total. The molecule has 90 valence electrons. The van der Waals surface area contributed by atoms with Crippen LogP contribution in [0, 0.1) is 0 Å². The minimum absolute atomic E-state index is 0.0172. The number of alkyl halides is 1. The van der Waals surface area contributed by atoms with Crippen LogP contribution in [0.5, 0.6) is 0 Å². The summed E-state index contributed by atoms with van der Waals surface area (Å²) in [7, 11) is 0. The highest BCUT2D eigenvalue weighted by molar-refractivity contribution is 14.1. The fourth-order valence-corrected chi connectivity index (χ4v) is 1.57. The minimum atomic E-state index is -0.0346. The first-order valence-electron chi connectivity index (χ1n) is 6.00. The van der Waals surface area contributed by atoms with Crippen molar-refractivity contribution in [2.24, 2.45) is 0 Å². The molecule has 2 unspecified atom stereocenters. The monoisotopic (exact) mass is 326 g/mol. The molecule has 3 heteroatoms. The molecule has 0 saturated heterocycles. The molecule has 0 saturated carbocycles. The number of esters is 1. The van der Waals surface area contributed by atoms with E-state index < -0.39 is 0 Å². The lowest BCUT2D eigenvalue weighted by molar-refractivity contribution is -0.148. The van der Waals surface area contributed by atoms with E-state index in [0.29, 0.717) is 0 Å². The lowest BCUT2D eigenvalue weighted by atomic mass is 10.1. The van der Waals surface area contributed by atoms with E-state index in [9.17, 15) is 4.79 Å². The SMILES string of the molecule is CCCCC(CCC)OC(=O)C(I)CC. The van der Waals surface area contributed by atoms with E-state index in [-0.39, 0.29) is 16.0 Å². The van der Waals surface area contributed by atoms with Gasteiger partial charge in [0, 0.05) is 0 Å². The Morgan fingerprint density at radius 3 is 2.33 bits per heavy atom. The van der Waals surface area contributed by atoms with Gasteiger partial charge in [-0.1, -0.05) is 62.6 Å². The van der Waals surface area contributed by atoms with E-state index in [0.717, 1.165) is 32.1 Å². The van der Waals surface area contributed by atoms with Crippen molar-refractivity contribution in [3.8, 4) is 0 Å². The van der Waals surface area contributed by atoms with Gasteiger partial charge < -0.3 is 4.74 Å². The second kappa shape index (κ2) is 9.43. The Morgan fingerprint density at radius 1 is 1.20 bits per heavy atom. The van der Waals surface area contributed by atoms with Gasteiger partial charge in [0.05, 0.1) is 0 Å². The van der Waals surface area contributed by atoms with Crippen molar-refractivity contribution in [1.82, 2.24) is 0 Å². The highest BCUT2D eigenvalue weighted by atomic mass is 127. The lowest BCUT2D eigenvalue weighted by Gasteiger charge is -2.18. The normalized spacial score (nSPS) is 14.7. The summed E-state index contributed by atoms with van der Waals surface area (Å²) in [6, 6.07) is 0. The fraction of sp³-hybridized carbons (Fsp3) is 0.917. The zero-order valence-corrected chi connectivity index (χ0v) is 12.2. The second-order valence-electron chi connectivity index (χ2n) is 3.87. The van der Waals surface area contributed by atoms with Crippen molar-refractivity contribution in [3.05, 3.63) is 0 Å². The van der Waals surface area contributed by atoms with E-state index in [1.165, 1.54) is 6.42 Å². The molecule has 0 aromatic carbocycles. The molecule has 2 atom stereocenters. The average Bonchev–Trinajstić information content (AvgIpc) is 2.24. The van der Waals surface area contributed by atoms with Crippen molar-refractivity contribution in [1.29, 1.82) is 0 Å². The third-order valence-corrected chi connectivity index (χ3v) is 3.78. The van der Waals surface area contributed by atoms with Crippen molar-refractivity contribution in [3.63, 3.8) is 0 Å². The molecule has 0 bridgehead atoms. The van der Waals surface area contributed by atoms with Crippen LogP contribution in [-0.4, -0.2) is 16.0 Å². The smallest absolute Gasteiger partial charge is 0.319 e. The molecule has 0 rings (SSSR count). The highest BCUT2D eigenvalue weighted by Crippen LogP contribution is 2.15. The van der Waals surface area contributed by atoms with Gasteiger partial charge >= 0.3 is 5.97 Å². The van der Waals surface area contributed by atoms with Crippen LogP contribution in [-0.2, 0) is 9.53 Å². The molecule has 0 fully saturated rings. The van der Waals surface area contributed by atoms with Crippen molar-refractivity contribution in [2.45, 2.75) is 69.3 Å². The molecule has 0 amide bonds. The Bertz CT molecular complexity index is 171. The molecule has 0 heterocycles. The molecule has 0 aromatic rings. The van der Waals surface area contributed by atoms with E-state index in [4.69, 9.17) is 4.74 Å². The molecular weight excluding hydrogens is 303 g/mol. The predicted molar refractivity (Wildman–Crippen MR) is 72.4 cm³/mol. The van der Waals surface area contributed by atoms with Gasteiger partial charge in [0.25, 0.3) is 0 Å². The summed E-state index contributed by atoms with van der Waals surface area (Å²) in [4.78, 5) is 11.6. The zero-order valence-electron chi connectivity index (χ0n) is 10.1. The summed E-state index contributed by atoms with van der Waals surface area (Å²) in [5.74, 6) is -0.0346. The molecule has 0 spiro atoms. The predicted octanol–water partition coefficient (Wildman–Crippen LogP) is 4.10. The summed E-state index contributed by atoms with van der Waals surface area (Å²) >= 11 is 2.16. The van der Waals surface area contributed by atoms with Crippen LogP contribution in [0.25, 0.3) is 0 Å². The topological polar surface area (TPSA) is 26.3 Å². The number of halogens is 1. The van der Waals surface area contributed by atoms with Gasteiger partial charge in [-0.15, -0.1) is 0 Å². The number of rotatable bonds is 8. The van der Waals surface area contributed by atoms with Crippen molar-refractivity contribution >= 4 is 28.6 Å². The van der Waals surface area contributed by atoms with Crippen LogP contribution in [0.15, 0.2) is 0 Å². The Balaban J connectivity index is 3.97. The van der Waals surface area contributed by atoms with E-state index in [1.807, 2.05) is 6.92 Å². The van der Waals surface area contributed by atoms with Gasteiger partial charge in [-0.25, -0.2) is 0 Å². The molecule has 0 aromatic heterocycles. The minimum Gasteiger partial charge on any atom is -0.462 e. The quantitative estimate of drug-likeness (QED) is 0.381. The Labute approximate surface area is 107 Å². The molecule has 15 heavy (non-hydrogen) atoms. The van der Waals surface area contributed by atoms with Crippen LogP contribution >= 0.6 is 22.6 Å². The molecular formula is C12H23IO2. The van der Waals surface area contributed by atoms with Gasteiger partial charge in [-0.05, 0) is 19.3 Å². The Morgan fingerprint density at radius 2 is 1.87 bits per heavy atom. The van der Waals surface area contributed by atoms with Crippen LogP contribution in [0.4, 0.5) is 0 Å². The maximum absolute atomic E-state index is 11.6. The molecule has 0 radical (unpaired) electrons. The van der Waals surface area contributed by atoms with E-state index >= 15 is 0 Å². The van der Waals surface area contributed by atoms with Crippen LogP contribution in [0.2, 0.25) is 0 Å². The van der Waals surface area contributed by atoms with Gasteiger partial charge in [0.2, 0.25) is 0 Å². The summed E-state index contributed by atoms with van der Waals surface area (Å²) in [6.07, 6.45) is 6.41. The first kappa shape index (κ1) is 15.2. The largest absolute Gasteiger partial charge is 0.462 e. The summed E-state index contributed by atoms with van der Waals surface area (Å²) in [5.41, 5.74) is 0. The van der Waals surface area contributed by atoms with Crippen LogP contribution in [0.1, 0.15) is 59.3 Å². The maximum Gasteiger partial charge on any atom is 0.319 e. The fourth-order valence-electron chi connectivity index (χ4n) is 1.42. The molecule has 0 aliphatic carbocycles. The summed E-state index contributed by atoms with van der Waals surface area (Å²) in [6.45, 7) is 6.31. The number of carbonyl (C=O) groups excluding carboxylic acids is 1. The van der Waals surface area contributed by atoms with Crippen molar-refractivity contribution < 1.29 is 9.53 Å². The molecule has 0 aliphatic heterocycles. The number of hydrogen-bond donors (Lipinski definition) is 0. The first-order valence-corrected chi connectivity index (χ1v) is 7.24. The van der Waals surface area contributed by atoms with Gasteiger partial charge in [0.15, 0.2) is 0 Å². The highest BCUT2D eigenvalue weighted by Gasteiger charge is 2.18.